The van der Waals surface area contributed by atoms with E-state index in [2.05, 4.69) is 36.3 Å². The molecule has 4 aromatic rings. The average molecular weight is 496 g/mol. The molecule has 1 saturated carbocycles. The molecule has 2 aliphatic rings. The van der Waals surface area contributed by atoms with Crippen LogP contribution in [0.1, 0.15) is 60.7 Å². The molecule has 188 valence electrons. The van der Waals surface area contributed by atoms with E-state index in [9.17, 15) is 13.2 Å². The number of alkyl halides is 3. The zero-order chi connectivity index (χ0) is 24.9. The Balaban J connectivity index is 1.45. The van der Waals surface area contributed by atoms with E-state index in [1.165, 1.54) is 12.5 Å². The molecule has 2 fully saturated rings. The number of aromatic nitrogens is 6. The van der Waals surface area contributed by atoms with Crippen LogP contribution in [0.3, 0.4) is 0 Å². The number of H-pyrrole nitrogens is 1. The average Bonchev–Trinajstić information content (AvgIpc) is 3.57. The summed E-state index contributed by atoms with van der Waals surface area (Å²) in [4.78, 5) is 6.24. The number of hydrogen-bond acceptors (Lipinski definition) is 5. The molecule has 7 nitrogen and oxygen atoms in total. The Kier molecular flexibility index (Phi) is 5.78. The van der Waals surface area contributed by atoms with E-state index < -0.39 is 11.9 Å². The number of benzene rings is 1. The van der Waals surface area contributed by atoms with E-state index in [1.807, 2.05) is 29.8 Å². The monoisotopic (exact) mass is 495 g/mol. The molecule has 1 aromatic carbocycles. The van der Waals surface area contributed by atoms with Crippen molar-refractivity contribution in [2.45, 2.75) is 50.7 Å². The number of aryl methyl sites for hydroxylation is 1. The predicted molar refractivity (Wildman–Crippen MR) is 129 cm³/mol. The maximum Gasteiger partial charge on any atom is 0.433 e. The van der Waals surface area contributed by atoms with E-state index in [0.29, 0.717) is 29.2 Å². The minimum atomic E-state index is -4.54. The number of pyridine rings is 1. The highest BCUT2D eigenvalue weighted by molar-refractivity contribution is 5.91. The lowest BCUT2D eigenvalue weighted by Gasteiger charge is -2.33. The Bertz CT molecular complexity index is 1380. The Morgan fingerprint density at radius 2 is 1.92 bits per heavy atom. The largest absolute Gasteiger partial charge is 0.433 e. The number of halogens is 3. The minimum Gasteiger partial charge on any atom is -0.320 e. The Morgan fingerprint density at radius 3 is 2.58 bits per heavy atom. The fraction of sp³-hybridized carbons (Fsp3) is 0.462. The molecule has 4 heterocycles. The summed E-state index contributed by atoms with van der Waals surface area (Å²) >= 11 is 0. The molecule has 1 aliphatic carbocycles. The van der Waals surface area contributed by atoms with Crippen LogP contribution >= 0.6 is 0 Å². The molecule has 36 heavy (non-hydrogen) atoms. The summed E-state index contributed by atoms with van der Waals surface area (Å²) in [5.74, 6) is 1.43. The van der Waals surface area contributed by atoms with Gasteiger partial charge >= 0.3 is 6.18 Å². The summed E-state index contributed by atoms with van der Waals surface area (Å²) in [7, 11) is 1.94. The van der Waals surface area contributed by atoms with E-state index in [4.69, 9.17) is 0 Å². The van der Waals surface area contributed by atoms with Crippen molar-refractivity contribution in [3.8, 4) is 11.3 Å². The number of likely N-dealkylation sites (tertiary alicyclic amines) is 1. The fourth-order valence-electron chi connectivity index (χ4n) is 5.57. The molecular formula is C26H28F3N7. The zero-order valence-electron chi connectivity index (χ0n) is 20.1. The van der Waals surface area contributed by atoms with Crippen LogP contribution in [-0.4, -0.2) is 47.9 Å². The van der Waals surface area contributed by atoms with Gasteiger partial charge in [-0.3, -0.25) is 10.00 Å². The third-order valence-electron chi connectivity index (χ3n) is 7.65. The molecular weight excluding hydrogens is 467 g/mol. The van der Waals surface area contributed by atoms with E-state index >= 15 is 0 Å². The summed E-state index contributed by atoms with van der Waals surface area (Å²) in [5.41, 5.74) is 2.77. The lowest BCUT2D eigenvalue weighted by atomic mass is 9.72. The molecule has 0 spiro atoms. The summed E-state index contributed by atoms with van der Waals surface area (Å²) < 4.78 is 43.4. The van der Waals surface area contributed by atoms with Crippen molar-refractivity contribution < 1.29 is 13.2 Å². The van der Waals surface area contributed by atoms with E-state index in [0.717, 1.165) is 55.7 Å². The Morgan fingerprint density at radius 1 is 1.11 bits per heavy atom. The molecule has 10 heteroatoms. The van der Waals surface area contributed by atoms with Gasteiger partial charge < -0.3 is 4.57 Å². The molecule has 6 rings (SSSR count). The summed E-state index contributed by atoms with van der Waals surface area (Å²) in [6.07, 6.45) is 2.71. The highest BCUT2D eigenvalue weighted by Crippen LogP contribution is 2.43. The van der Waals surface area contributed by atoms with Crippen LogP contribution in [-0.2, 0) is 19.8 Å². The lowest BCUT2D eigenvalue weighted by molar-refractivity contribution is -0.141. The van der Waals surface area contributed by atoms with Gasteiger partial charge in [0.1, 0.15) is 29.1 Å². The number of nitrogens with one attached hydrogen (secondary N) is 1. The van der Waals surface area contributed by atoms with Crippen molar-refractivity contribution in [2.24, 2.45) is 13.0 Å². The second kappa shape index (κ2) is 8.99. The number of fused-ring (bicyclic) bond motifs is 1. The summed E-state index contributed by atoms with van der Waals surface area (Å²) in [5, 5.41) is 16.0. The molecule has 0 bridgehead atoms. The van der Waals surface area contributed by atoms with Crippen LogP contribution in [0.15, 0.2) is 36.7 Å². The topological polar surface area (TPSA) is 75.5 Å². The first-order valence-electron chi connectivity index (χ1n) is 12.5. The van der Waals surface area contributed by atoms with Gasteiger partial charge in [0, 0.05) is 25.1 Å². The van der Waals surface area contributed by atoms with Gasteiger partial charge in [-0.1, -0.05) is 24.6 Å². The first-order chi connectivity index (χ1) is 17.4. The molecule has 1 atom stereocenters. The smallest absolute Gasteiger partial charge is 0.320 e. The van der Waals surface area contributed by atoms with Crippen LogP contribution in [0.25, 0.3) is 22.3 Å². The van der Waals surface area contributed by atoms with Crippen molar-refractivity contribution >= 4 is 11.0 Å². The number of nitrogens with zero attached hydrogens (tertiary/aromatic N) is 6. The second-order valence-electron chi connectivity index (χ2n) is 10.0. The van der Waals surface area contributed by atoms with Gasteiger partial charge in [0.2, 0.25) is 0 Å². The maximum absolute atomic E-state index is 13.8. The first-order valence-corrected chi connectivity index (χ1v) is 12.5. The predicted octanol–water partition coefficient (Wildman–Crippen LogP) is 5.30. The molecule has 1 saturated heterocycles. The maximum atomic E-state index is 13.8. The van der Waals surface area contributed by atoms with Crippen LogP contribution in [0.5, 0.6) is 0 Å². The molecule has 3 aromatic heterocycles. The highest BCUT2D eigenvalue weighted by Gasteiger charge is 2.35. The van der Waals surface area contributed by atoms with Crippen molar-refractivity contribution in [2.75, 3.05) is 13.1 Å². The molecule has 0 amide bonds. The van der Waals surface area contributed by atoms with Crippen LogP contribution in [0.2, 0.25) is 0 Å². The van der Waals surface area contributed by atoms with Gasteiger partial charge in [-0.05, 0) is 68.0 Å². The SMILES string of the molecule is Cn1cnnc1C(c1cccc(-c2n[nH]c3c(CN4CCCC4)cc(C(F)(F)F)nc23)c1)C1CCC1. The standard InChI is InChI=1S/C26H28F3N7/c1-35-15-30-34-25(35)21(16-6-4-7-16)17-8-5-9-18(12-17)22-24-23(33-32-22)19(14-36-10-2-3-11-36)13-20(31-24)26(27,28)29/h5,8-9,12-13,15-16,21H,2-4,6-7,10-11,14H2,1H3,(H,32,33). The third kappa shape index (κ3) is 4.17. The fourth-order valence-corrected chi connectivity index (χ4v) is 5.57. The Hall–Kier alpha value is -3.27. The second-order valence-corrected chi connectivity index (χ2v) is 10.0. The molecule has 1 N–H and O–H groups in total. The lowest BCUT2D eigenvalue weighted by Crippen LogP contribution is -2.24. The van der Waals surface area contributed by atoms with Crippen molar-refractivity contribution in [3.63, 3.8) is 0 Å². The quantitative estimate of drug-likeness (QED) is 0.393. The van der Waals surface area contributed by atoms with Gasteiger partial charge in [0.15, 0.2) is 0 Å². The number of aromatic amines is 1. The summed E-state index contributed by atoms with van der Waals surface area (Å²) in [6, 6.07) is 9.07. The third-order valence-corrected chi connectivity index (χ3v) is 7.65. The molecule has 1 aliphatic heterocycles. The van der Waals surface area contributed by atoms with Crippen LogP contribution in [0.4, 0.5) is 13.2 Å². The van der Waals surface area contributed by atoms with Gasteiger partial charge in [-0.15, -0.1) is 10.2 Å². The van der Waals surface area contributed by atoms with Crippen LogP contribution in [0, 0.1) is 5.92 Å². The zero-order valence-corrected chi connectivity index (χ0v) is 20.1. The van der Waals surface area contributed by atoms with Crippen molar-refractivity contribution in [3.05, 3.63) is 59.3 Å². The van der Waals surface area contributed by atoms with Gasteiger partial charge in [0.05, 0.1) is 5.52 Å². The first kappa shape index (κ1) is 23.1. The minimum absolute atomic E-state index is 0.0702. The normalized spacial score (nSPS) is 18.1. The molecule has 0 radical (unpaired) electrons. The van der Waals surface area contributed by atoms with Crippen LogP contribution < -0.4 is 0 Å². The van der Waals surface area contributed by atoms with Gasteiger partial charge in [-0.25, -0.2) is 4.98 Å². The summed E-state index contributed by atoms with van der Waals surface area (Å²) in [6.45, 7) is 2.22. The number of hydrogen-bond donors (Lipinski definition) is 1. The molecule has 1 unspecified atom stereocenters. The van der Waals surface area contributed by atoms with Gasteiger partial charge in [-0.2, -0.15) is 18.3 Å². The Labute approximate surface area is 206 Å². The highest BCUT2D eigenvalue weighted by atomic mass is 19.4. The van der Waals surface area contributed by atoms with Crippen molar-refractivity contribution in [1.29, 1.82) is 0 Å². The van der Waals surface area contributed by atoms with E-state index in [-0.39, 0.29) is 11.4 Å². The number of rotatable bonds is 6. The van der Waals surface area contributed by atoms with E-state index in [1.54, 1.807) is 6.33 Å². The van der Waals surface area contributed by atoms with Crippen molar-refractivity contribution in [1.82, 2.24) is 34.8 Å². The van der Waals surface area contributed by atoms with Gasteiger partial charge in [0.25, 0.3) is 0 Å².